The number of carbonyl (C=O) groups is 1. The second-order valence-corrected chi connectivity index (χ2v) is 3.76. The molecule has 0 saturated heterocycles. The van der Waals surface area contributed by atoms with Crippen molar-refractivity contribution in [2.75, 3.05) is 12.4 Å². The van der Waals surface area contributed by atoms with Crippen LogP contribution in [-0.4, -0.2) is 30.3 Å². The van der Waals surface area contributed by atoms with Crippen molar-refractivity contribution in [2.24, 2.45) is 0 Å². The first kappa shape index (κ1) is 14.3. The van der Waals surface area contributed by atoms with E-state index in [2.05, 4.69) is 15.0 Å². The van der Waals surface area contributed by atoms with E-state index in [9.17, 15) is 18.0 Å². The standard InChI is InChI=1S/C11H13F3N2O2/c1-7(6-11(12,13)14)16-9-8(10(17)18-2)4-3-5-15-9/h3-5,7H,6H2,1-2H3,(H,15,16). The quantitative estimate of drug-likeness (QED) is 0.847. The highest BCUT2D eigenvalue weighted by Gasteiger charge is 2.30. The summed E-state index contributed by atoms with van der Waals surface area (Å²) in [5.74, 6) is -0.564. The molecule has 18 heavy (non-hydrogen) atoms. The Hall–Kier alpha value is -1.79. The lowest BCUT2D eigenvalue weighted by atomic mass is 10.2. The van der Waals surface area contributed by atoms with Crippen LogP contribution < -0.4 is 5.32 Å². The van der Waals surface area contributed by atoms with Gasteiger partial charge in [-0.05, 0) is 19.1 Å². The molecule has 0 aliphatic heterocycles. The van der Waals surface area contributed by atoms with Crippen molar-refractivity contribution in [3.63, 3.8) is 0 Å². The molecule has 1 unspecified atom stereocenters. The Labute approximate surface area is 102 Å². The number of nitrogens with zero attached hydrogens (tertiary/aromatic N) is 1. The molecule has 1 aromatic rings. The minimum atomic E-state index is -4.27. The van der Waals surface area contributed by atoms with E-state index in [1.165, 1.54) is 32.4 Å². The molecule has 0 saturated carbocycles. The third-order valence-corrected chi connectivity index (χ3v) is 2.13. The van der Waals surface area contributed by atoms with Crippen LogP contribution in [0.3, 0.4) is 0 Å². The van der Waals surface area contributed by atoms with Gasteiger partial charge in [-0.25, -0.2) is 9.78 Å². The summed E-state index contributed by atoms with van der Waals surface area (Å²) in [5, 5.41) is 2.55. The molecule has 0 fully saturated rings. The molecule has 100 valence electrons. The van der Waals surface area contributed by atoms with E-state index in [0.29, 0.717) is 0 Å². The van der Waals surface area contributed by atoms with Crippen LogP contribution in [0.25, 0.3) is 0 Å². The van der Waals surface area contributed by atoms with Crippen LogP contribution in [-0.2, 0) is 4.74 Å². The molecule has 1 N–H and O–H groups in total. The van der Waals surface area contributed by atoms with Crippen LogP contribution in [0.2, 0.25) is 0 Å². The topological polar surface area (TPSA) is 51.2 Å². The van der Waals surface area contributed by atoms with Crippen LogP contribution in [0.1, 0.15) is 23.7 Å². The molecule has 0 aliphatic carbocycles. The SMILES string of the molecule is COC(=O)c1cccnc1NC(C)CC(F)(F)F. The van der Waals surface area contributed by atoms with Crippen LogP contribution in [0, 0.1) is 0 Å². The van der Waals surface area contributed by atoms with Crippen LogP contribution >= 0.6 is 0 Å². The van der Waals surface area contributed by atoms with Gasteiger partial charge in [0.15, 0.2) is 0 Å². The maximum atomic E-state index is 12.2. The summed E-state index contributed by atoms with van der Waals surface area (Å²) >= 11 is 0. The number of pyridine rings is 1. The summed E-state index contributed by atoms with van der Waals surface area (Å²) in [6.45, 7) is 1.36. The van der Waals surface area contributed by atoms with E-state index >= 15 is 0 Å². The summed E-state index contributed by atoms with van der Waals surface area (Å²) in [6, 6.07) is 2.05. The number of rotatable bonds is 4. The Morgan fingerprint density at radius 3 is 2.78 bits per heavy atom. The van der Waals surface area contributed by atoms with Crippen LogP contribution in [0.15, 0.2) is 18.3 Å². The molecule has 0 aromatic carbocycles. The van der Waals surface area contributed by atoms with Crippen molar-refractivity contribution in [1.29, 1.82) is 0 Å². The summed E-state index contributed by atoms with van der Waals surface area (Å²) < 4.78 is 41.1. The number of anilines is 1. The largest absolute Gasteiger partial charge is 0.465 e. The fourth-order valence-corrected chi connectivity index (χ4v) is 1.43. The molecule has 0 bridgehead atoms. The van der Waals surface area contributed by atoms with Gasteiger partial charge in [0.2, 0.25) is 0 Å². The Morgan fingerprint density at radius 1 is 1.56 bits per heavy atom. The van der Waals surface area contributed by atoms with Crippen molar-refractivity contribution in [3.8, 4) is 0 Å². The van der Waals surface area contributed by atoms with E-state index in [-0.39, 0.29) is 11.4 Å². The zero-order valence-electron chi connectivity index (χ0n) is 9.91. The summed E-state index contributed by atoms with van der Waals surface area (Å²) in [4.78, 5) is 15.2. The predicted octanol–water partition coefficient (Wildman–Crippen LogP) is 2.62. The molecule has 0 spiro atoms. The third kappa shape index (κ3) is 4.23. The van der Waals surface area contributed by atoms with Gasteiger partial charge in [0.1, 0.15) is 11.4 Å². The Bertz CT molecular complexity index is 421. The van der Waals surface area contributed by atoms with Gasteiger partial charge in [-0.2, -0.15) is 13.2 Å². The number of hydrogen-bond acceptors (Lipinski definition) is 4. The minimum Gasteiger partial charge on any atom is -0.465 e. The molecular weight excluding hydrogens is 249 g/mol. The highest BCUT2D eigenvalue weighted by molar-refractivity contribution is 5.94. The van der Waals surface area contributed by atoms with E-state index in [1.807, 2.05) is 0 Å². The summed E-state index contributed by atoms with van der Waals surface area (Å²) in [7, 11) is 1.19. The van der Waals surface area contributed by atoms with Gasteiger partial charge < -0.3 is 10.1 Å². The highest BCUT2D eigenvalue weighted by Crippen LogP contribution is 2.23. The molecule has 4 nitrogen and oxygen atoms in total. The monoisotopic (exact) mass is 262 g/mol. The molecular formula is C11H13F3N2O2. The first-order chi connectivity index (χ1) is 8.33. The Kier molecular flexibility index (Phi) is 4.52. The van der Waals surface area contributed by atoms with Crippen LogP contribution in [0.4, 0.5) is 19.0 Å². The predicted molar refractivity (Wildman–Crippen MR) is 59.3 cm³/mol. The van der Waals surface area contributed by atoms with E-state index in [4.69, 9.17) is 0 Å². The maximum Gasteiger partial charge on any atom is 0.391 e. The molecule has 0 aliphatic rings. The molecule has 1 atom stereocenters. The van der Waals surface area contributed by atoms with E-state index < -0.39 is 24.6 Å². The lowest BCUT2D eigenvalue weighted by Gasteiger charge is -2.17. The number of aromatic nitrogens is 1. The number of esters is 1. The number of hydrogen-bond donors (Lipinski definition) is 1. The maximum absolute atomic E-state index is 12.2. The van der Waals surface area contributed by atoms with Gasteiger partial charge in [-0.15, -0.1) is 0 Å². The van der Waals surface area contributed by atoms with Gasteiger partial charge >= 0.3 is 12.1 Å². The Morgan fingerprint density at radius 2 is 2.22 bits per heavy atom. The first-order valence-electron chi connectivity index (χ1n) is 5.20. The van der Waals surface area contributed by atoms with Gasteiger partial charge in [0.25, 0.3) is 0 Å². The van der Waals surface area contributed by atoms with Crippen molar-refractivity contribution in [3.05, 3.63) is 23.9 Å². The zero-order chi connectivity index (χ0) is 13.8. The number of nitrogens with one attached hydrogen (secondary N) is 1. The number of ether oxygens (including phenoxy) is 1. The zero-order valence-corrected chi connectivity index (χ0v) is 9.91. The molecule has 1 rings (SSSR count). The van der Waals surface area contributed by atoms with E-state index in [0.717, 1.165) is 0 Å². The second kappa shape index (κ2) is 5.70. The van der Waals surface area contributed by atoms with Gasteiger partial charge in [-0.3, -0.25) is 0 Å². The fraction of sp³-hybridized carbons (Fsp3) is 0.455. The van der Waals surface area contributed by atoms with Gasteiger partial charge in [0.05, 0.1) is 13.5 Å². The Balaban J connectivity index is 2.81. The molecule has 0 radical (unpaired) electrons. The molecule has 1 heterocycles. The number of alkyl halides is 3. The van der Waals surface area contributed by atoms with Crippen molar-refractivity contribution in [2.45, 2.75) is 25.6 Å². The third-order valence-electron chi connectivity index (χ3n) is 2.13. The second-order valence-electron chi connectivity index (χ2n) is 3.76. The number of carbonyl (C=O) groups excluding carboxylic acids is 1. The minimum absolute atomic E-state index is 0.0844. The molecule has 0 amide bonds. The van der Waals surface area contributed by atoms with Crippen molar-refractivity contribution >= 4 is 11.8 Å². The van der Waals surface area contributed by atoms with Crippen molar-refractivity contribution < 1.29 is 22.7 Å². The smallest absolute Gasteiger partial charge is 0.391 e. The molecule has 1 aromatic heterocycles. The van der Waals surface area contributed by atoms with Gasteiger partial charge in [0, 0.05) is 12.2 Å². The lowest BCUT2D eigenvalue weighted by molar-refractivity contribution is -0.136. The lowest BCUT2D eigenvalue weighted by Crippen LogP contribution is -2.25. The highest BCUT2D eigenvalue weighted by atomic mass is 19.4. The normalized spacial score (nSPS) is 12.9. The average molecular weight is 262 g/mol. The fourth-order valence-electron chi connectivity index (χ4n) is 1.43. The summed E-state index contributed by atoms with van der Waals surface area (Å²) in [5.41, 5.74) is 0.106. The van der Waals surface area contributed by atoms with Crippen molar-refractivity contribution in [1.82, 2.24) is 4.98 Å². The molecule has 7 heteroatoms. The number of methoxy groups -OCH3 is 1. The van der Waals surface area contributed by atoms with Crippen LogP contribution in [0.5, 0.6) is 0 Å². The van der Waals surface area contributed by atoms with E-state index in [1.54, 1.807) is 0 Å². The van der Waals surface area contributed by atoms with Gasteiger partial charge in [-0.1, -0.05) is 0 Å². The number of halogens is 3. The summed E-state index contributed by atoms with van der Waals surface area (Å²) in [6.07, 6.45) is -3.90. The first-order valence-corrected chi connectivity index (χ1v) is 5.20. The average Bonchev–Trinajstić information content (AvgIpc) is 2.26.